The zero-order valence-corrected chi connectivity index (χ0v) is 21.6. The first-order valence-corrected chi connectivity index (χ1v) is 12.7. The van der Waals surface area contributed by atoms with E-state index in [2.05, 4.69) is 110 Å². The number of nitrogens with zero attached hydrogens (tertiary/aromatic N) is 2. The maximum atomic E-state index is 9.57. The van der Waals surface area contributed by atoms with Crippen molar-refractivity contribution in [3.05, 3.63) is 101 Å². The molecule has 5 rings (SSSR count). The Bertz CT molecular complexity index is 1370. The fourth-order valence-corrected chi connectivity index (χ4v) is 5.35. The lowest BCUT2D eigenvalue weighted by molar-refractivity contribution is -0.0228. The summed E-state index contributed by atoms with van der Waals surface area (Å²) in [4.78, 5) is 0. The summed E-state index contributed by atoms with van der Waals surface area (Å²) in [6, 6.07) is 26.3. The molecule has 1 aliphatic rings. The molecule has 4 aromatic rings. The van der Waals surface area contributed by atoms with Crippen molar-refractivity contribution >= 4 is 11.0 Å². The summed E-state index contributed by atoms with van der Waals surface area (Å²) in [6.07, 6.45) is 3.21. The van der Waals surface area contributed by atoms with Crippen LogP contribution in [-0.4, -0.2) is 21.8 Å². The molecule has 1 aliphatic carbocycles. The minimum atomic E-state index is -0.459. The van der Waals surface area contributed by atoms with Gasteiger partial charge in [0.05, 0.1) is 28.7 Å². The normalized spacial score (nSPS) is 15.9. The summed E-state index contributed by atoms with van der Waals surface area (Å²) in [7, 11) is 1.78. The maximum Gasteiger partial charge on any atom is 0.203 e. The van der Waals surface area contributed by atoms with Gasteiger partial charge in [-0.05, 0) is 76.1 Å². The van der Waals surface area contributed by atoms with Crippen molar-refractivity contribution in [2.75, 3.05) is 7.11 Å². The number of methoxy groups -OCH3 is 1. The largest absolute Gasteiger partial charge is 0.377 e. The topological polar surface area (TPSA) is 42.9 Å². The zero-order valence-electron chi connectivity index (χ0n) is 21.6. The molecule has 0 amide bonds. The van der Waals surface area contributed by atoms with Crippen molar-refractivity contribution in [1.29, 1.82) is 5.41 Å². The van der Waals surface area contributed by atoms with Gasteiger partial charge in [0.15, 0.2) is 0 Å². The zero-order chi connectivity index (χ0) is 24.7. The molecule has 3 aromatic carbocycles. The highest BCUT2D eigenvalue weighted by Crippen LogP contribution is 2.44. The average molecular weight is 468 g/mol. The quantitative estimate of drug-likeness (QED) is 0.306. The fraction of sp³-hybridized carbons (Fsp3) is 0.387. The molecule has 4 nitrogen and oxygen atoms in total. The van der Waals surface area contributed by atoms with Gasteiger partial charge in [0.1, 0.15) is 0 Å². The van der Waals surface area contributed by atoms with Crippen LogP contribution in [0.15, 0.2) is 72.8 Å². The number of benzene rings is 3. The molecule has 1 saturated carbocycles. The molecule has 0 aliphatic heterocycles. The number of hydrogen-bond acceptors (Lipinski definition) is 2. The van der Waals surface area contributed by atoms with Gasteiger partial charge in [-0.1, -0.05) is 71.8 Å². The third kappa shape index (κ3) is 4.48. The molecule has 0 bridgehead atoms. The van der Waals surface area contributed by atoms with E-state index in [1.54, 1.807) is 7.11 Å². The van der Waals surface area contributed by atoms with E-state index in [1.165, 1.54) is 35.1 Å². The summed E-state index contributed by atoms with van der Waals surface area (Å²) in [5, 5.41) is 9.57. The Kier molecular flexibility index (Phi) is 6.18. The predicted molar refractivity (Wildman–Crippen MR) is 143 cm³/mol. The van der Waals surface area contributed by atoms with Crippen LogP contribution in [0.25, 0.3) is 11.0 Å². The first-order chi connectivity index (χ1) is 16.8. The van der Waals surface area contributed by atoms with Crippen LogP contribution < -0.4 is 5.62 Å². The number of imidazole rings is 1. The van der Waals surface area contributed by atoms with Gasteiger partial charge in [0.25, 0.3) is 0 Å². The Balaban J connectivity index is 1.71. The smallest absolute Gasteiger partial charge is 0.203 e. The van der Waals surface area contributed by atoms with Crippen LogP contribution in [-0.2, 0) is 11.2 Å². The lowest BCUT2D eigenvalue weighted by Gasteiger charge is -2.35. The Morgan fingerprint density at radius 3 is 1.94 bits per heavy atom. The van der Waals surface area contributed by atoms with Crippen LogP contribution in [0.1, 0.15) is 61.0 Å². The lowest BCUT2D eigenvalue weighted by atomic mass is 9.91. The first-order valence-electron chi connectivity index (χ1n) is 12.7. The van der Waals surface area contributed by atoms with Crippen molar-refractivity contribution in [2.45, 2.75) is 64.6 Å². The van der Waals surface area contributed by atoms with Crippen LogP contribution in [0.3, 0.4) is 0 Å². The second-order valence-corrected chi connectivity index (χ2v) is 10.8. The number of aryl methyl sites for hydroxylation is 2. The molecule has 2 atom stereocenters. The molecule has 1 heterocycles. The summed E-state index contributed by atoms with van der Waals surface area (Å²) in [5.41, 5.74) is 7.37. The third-order valence-corrected chi connectivity index (χ3v) is 7.81. The Morgan fingerprint density at radius 2 is 1.40 bits per heavy atom. The Hall–Kier alpha value is -3.11. The molecule has 0 radical (unpaired) electrons. The van der Waals surface area contributed by atoms with Crippen LogP contribution in [0.4, 0.5) is 0 Å². The summed E-state index contributed by atoms with van der Waals surface area (Å²) >= 11 is 0. The SMILES string of the molecule is COC(C)(C)C(Cc1ccc(C)cc1)n1c(=N)n(C(c2ccc(C)cc2)C2CC2)c2ccccc21. The average Bonchev–Trinajstić information content (AvgIpc) is 3.65. The van der Waals surface area contributed by atoms with Crippen molar-refractivity contribution in [3.63, 3.8) is 0 Å². The molecule has 0 spiro atoms. The fourth-order valence-electron chi connectivity index (χ4n) is 5.35. The molecular weight excluding hydrogens is 430 g/mol. The van der Waals surface area contributed by atoms with Gasteiger partial charge in [0, 0.05) is 7.11 Å². The van der Waals surface area contributed by atoms with E-state index in [-0.39, 0.29) is 12.1 Å². The number of fused-ring (bicyclic) bond motifs is 1. The van der Waals surface area contributed by atoms with Crippen LogP contribution in [0.2, 0.25) is 0 Å². The van der Waals surface area contributed by atoms with Gasteiger partial charge in [0.2, 0.25) is 5.62 Å². The van der Waals surface area contributed by atoms with E-state index in [4.69, 9.17) is 4.74 Å². The highest BCUT2D eigenvalue weighted by Gasteiger charge is 2.38. The van der Waals surface area contributed by atoms with Gasteiger partial charge >= 0.3 is 0 Å². The van der Waals surface area contributed by atoms with Crippen molar-refractivity contribution in [1.82, 2.24) is 9.13 Å². The molecule has 1 N–H and O–H groups in total. The van der Waals surface area contributed by atoms with E-state index >= 15 is 0 Å². The number of hydrogen-bond donors (Lipinski definition) is 1. The van der Waals surface area contributed by atoms with E-state index in [1.807, 2.05) is 0 Å². The minimum absolute atomic E-state index is 0.0354. The van der Waals surface area contributed by atoms with Gasteiger partial charge in [-0.3, -0.25) is 5.41 Å². The van der Waals surface area contributed by atoms with Crippen LogP contribution in [0.5, 0.6) is 0 Å². The minimum Gasteiger partial charge on any atom is -0.377 e. The maximum absolute atomic E-state index is 9.57. The molecule has 1 fully saturated rings. The molecule has 4 heteroatoms. The second kappa shape index (κ2) is 9.16. The molecule has 1 aromatic heterocycles. The van der Waals surface area contributed by atoms with E-state index in [0.29, 0.717) is 11.5 Å². The van der Waals surface area contributed by atoms with E-state index < -0.39 is 5.60 Å². The number of aromatic nitrogens is 2. The van der Waals surface area contributed by atoms with Crippen molar-refractivity contribution in [2.24, 2.45) is 5.92 Å². The first kappa shape index (κ1) is 23.6. The third-order valence-electron chi connectivity index (χ3n) is 7.81. The van der Waals surface area contributed by atoms with Gasteiger partial charge in [-0.2, -0.15) is 0 Å². The summed E-state index contributed by atoms with van der Waals surface area (Å²) in [6.45, 7) is 8.53. The van der Waals surface area contributed by atoms with Gasteiger partial charge < -0.3 is 13.9 Å². The van der Waals surface area contributed by atoms with Crippen LogP contribution in [0, 0.1) is 25.2 Å². The molecule has 0 saturated heterocycles. The number of ether oxygens (including phenoxy) is 1. The number of para-hydroxylation sites is 2. The molecule has 182 valence electrons. The standard InChI is InChI=1S/C31H37N3O/c1-21-10-14-23(15-11-21)20-28(31(3,4)35-5)33-26-8-6-7-9-27(26)34(30(33)32)29(25-18-19-25)24-16-12-22(2)13-17-24/h6-17,25,28-29,32H,18-20H2,1-5H3. The van der Waals surface area contributed by atoms with Gasteiger partial charge in [-0.25, -0.2) is 0 Å². The monoisotopic (exact) mass is 467 g/mol. The summed E-state index contributed by atoms with van der Waals surface area (Å²) in [5.74, 6) is 0.567. The highest BCUT2D eigenvalue weighted by molar-refractivity contribution is 5.76. The Morgan fingerprint density at radius 1 is 0.857 bits per heavy atom. The lowest BCUT2D eigenvalue weighted by Crippen LogP contribution is -2.42. The van der Waals surface area contributed by atoms with Crippen molar-refractivity contribution < 1.29 is 4.74 Å². The molecular formula is C31H37N3O. The predicted octanol–water partition coefficient (Wildman–Crippen LogP) is 6.75. The summed E-state index contributed by atoms with van der Waals surface area (Å²) < 4.78 is 10.6. The Labute approximate surface area is 208 Å². The van der Waals surface area contributed by atoms with Gasteiger partial charge in [-0.15, -0.1) is 0 Å². The van der Waals surface area contributed by atoms with Crippen molar-refractivity contribution in [3.8, 4) is 0 Å². The highest BCUT2D eigenvalue weighted by atomic mass is 16.5. The number of nitrogens with one attached hydrogen (secondary N) is 1. The second-order valence-electron chi connectivity index (χ2n) is 10.8. The van der Waals surface area contributed by atoms with E-state index in [0.717, 1.165) is 17.5 Å². The molecule has 35 heavy (non-hydrogen) atoms. The van der Waals surface area contributed by atoms with E-state index in [9.17, 15) is 5.41 Å². The molecule has 2 unspecified atom stereocenters. The van der Waals surface area contributed by atoms with Crippen LogP contribution >= 0.6 is 0 Å². The number of rotatable bonds is 8.